The number of carbonyl (C=O) groups is 1. The third-order valence-electron chi connectivity index (χ3n) is 3.41. The maximum atomic E-state index is 12.0. The van der Waals surface area contributed by atoms with Crippen molar-refractivity contribution in [3.63, 3.8) is 0 Å². The van der Waals surface area contributed by atoms with E-state index in [9.17, 15) is 4.79 Å². The molecule has 1 unspecified atom stereocenters. The van der Waals surface area contributed by atoms with Crippen molar-refractivity contribution >= 4 is 5.91 Å². The molecule has 1 atom stereocenters. The average molecular weight is 242 g/mol. The number of aliphatic hydroxyl groups excluding tert-OH is 1. The number of aliphatic hydroxyl groups is 1. The predicted octanol–water partition coefficient (Wildman–Crippen LogP) is 1.04. The zero-order chi connectivity index (χ0) is 12.7. The number of amides is 1. The van der Waals surface area contributed by atoms with Gasteiger partial charge in [0.1, 0.15) is 0 Å². The van der Waals surface area contributed by atoms with Gasteiger partial charge in [-0.15, -0.1) is 0 Å². The lowest BCUT2D eigenvalue weighted by molar-refractivity contribution is -0.123. The topological polar surface area (TPSA) is 61.4 Å². The summed E-state index contributed by atoms with van der Waals surface area (Å²) in [5, 5.41) is 15.2. The van der Waals surface area contributed by atoms with Gasteiger partial charge < -0.3 is 15.7 Å². The number of hydrogen-bond donors (Lipinski definition) is 3. The van der Waals surface area contributed by atoms with Crippen molar-refractivity contribution in [1.82, 2.24) is 10.6 Å². The van der Waals surface area contributed by atoms with E-state index in [1.54, 1.807) is 0 Å². The molecular weight excluding hydrogens is 216 g/mol. The molecule has 3 N–H and O–H groups in total. The van der Waals surface area contributed by atoms with Gasteiger partial charge in [-0.2, -0.15) is 0 Å². The molecular formula is C13H26N2O2. The standard InChI is InChI=1S/C13H26N2O2/c1-13(2,7-9-16)10-15-12(17)11-6-4-3-5-8-14-11/h11,14,16H,3-10H2,1-2H3,(H,15,17). The van der Waals surface area contributed by atoms with E-state index in [0.29, 0.717) is 13.0 Å². The highest BCUT2D eigenvalue weighted by atomic mass is 16.3. The molecule has 4 heteroatoms. The molecule has 17 heavy (non-hydrogen) atoms. The molecule has 1 heterocycles. The Bertz CT molecular complexity index is 234. The van der Waals surface area contributed by atoms with Crippen LogP contribution in [0.25, 0.3) is 0 Å². The highest BCUT2D eigenvalue weighted by Crippen LogP contribution is 2.18. The van der Waals surface area contributed by atoms with Crippen LogP contribution in [0, 0.1) is 5.41 Å². The van der Waals surface area contributed by atoms with Crippen molar-refractivity contribution in [2.45, 2.75) is 52.0 Å². The normalized spacial score (nSPS) is 21.9. The molecule has 1 aliphatic rings. The van der Waals surface area contributed by atoms with Crippen LogP contribution < -0.4 is 10.6 Å². The van der Waals surface area contributed by atoms with E-state index in [2.05, 4.69) is 24.5 Å². The second-order valence-corrected chi connectivity index (χ2v) is 5.71. The van der Waals surface area contributed by atoms with Gasteiger partial charge in [0, 0.05) is 13.2 Å². The van der Waals surface area contributed by atoms with Crippen LogP contribution in [0.4, 0.5) is 0 Å². The van der Waals surface area contributed by atoms with E-state index >= 15 is 0 Å². The molecule has 1 aliphatic heterocycles. The van der Waals surface area contributed by atoms with Gasteiger partial charge in [0.25, 0.3) is 0 Å². The zero-order valence-corrected chi connectivity index (χ0v) is 11.1. The molecule has 100 valence electrons. The first-order chi connectivity index (χ1) is 8.05. The third-order valence-corrected chi connectivity index (χ3v) is 3.41. The molecule has 0 aromatic rings. The van der Waals surface area contributed by atoms with Gasteiger partial charge in [0.15, 0.2) is 0 Å². The summed E-state index contributed by atoms with van der Waals surface area (Å²) in [6.07, 6.45) is 5.16. The summed E-state index contributed by atoms with van der Waals surface area (Å²) in [6, 6.07) is -0.0255. The molecule has 0 aromatic carbocycles. The lowest BCUT2D eigenvalue weighted by Crippen LogP contribution is -2.46. The van der Waals surface area contributed by atoms with E-state index in [1.165, 1.54) is 12.8 Å². The molecule has 1 rings (SSSR count). The summed E-state index contributed by atoms with van der Waals surface area (Å²) in [5.74, 6) is 0.109. The van der Waals surface area contributed by atoms with Gasteiger partial charge in [-0.05, 0) is 31.2 Å². The molecule has 0 bridgehead atoms. The van der Waals surface area contributed by atoms with Crippen molar-refractivity contribution in [3.05, 3.63) is 0 Å². The van der Waals surface area contributed by atoms with Gasteiger partial charge in [-0.1, -0.05) is 26.7 Å². The largest absolute Gasteiger partial charge is 0.396 e. The minimum atomic E-state index is -0.0326. The first-order valence-electron chi connectivity index (χ1n) is 6.67. The maximum Gasteiger partial charge on any atom is 0.237 e. The predicted molar refractivity (Wildman–Crippen MR) is 68.8 cm³/mol. The van der Waals surface area contributed by atoms with E-state index in [0.717, 1.165) is 19.4 Å². The third kappa shape index (κ3) is 5.50. The Kier molecular flexibility index (Phi) is 5.92. The lowest BCUT2D eigenvalue weighted by Gasteiger charge is -2.25. The quantitative estimate of drug-likeness (QED) is 0.675. The number of hydrogen-bond acceptors (Lipinski definition) is 3. The summed E-state index contributed by atoms with van der Waals surface area (Å²) < 4.78 is 0. The van der Waals surface area contributed by atoms with Crippen LogP contribution in [-0.4, -0.2) is 36.8 Å². The minimum Gasteiger partial charge on any atom is -0.396 e. The van der Waals surface area contributed by atoms with E-state index in [4.69, 9.17) is 5.11 Å². The first-order valence-corrected chi connectivity index (χ1v) is 6.67. The number of nitrogens with one attached hydrogen (secondary N) is 2. The Morgan fingerprint density at radius 3 is 2.88 bits per heavy atom. The Morgan fingerprint density at radius 1 is 1.41 bits per heavy atom. The summed E-state index contributed by atoms with van der Waals surface area (Å²) >= 11 is 0. The fourth-order valence-electron chi connectivity index (χ4n) is 2.09. The van der Waals surface area contributed by atoms with Gasteiger partial charge >= 0.3 is 0 Å². The fourth-order valence-corrected chi connectivity index (χ4v) is 2.09. The highest BCUT2D eigenvalue weighted by Gasteiger charge is 2.22. The van der Waals surface area contributed by atoms with Crippen LogP contribution in [0.1, 0.15) is 46.0 Å². The monoisotopic (exact) mass is 242 g/mol. The maximum absolute atomic E-state index is 12.0. The second-order valence-electron chi connectivity index (χ2n) is 5.71. The van der Waals surface area contributed by atoms with Crippen molar-refractivity contribution < 1.29 is 9.90 Å². The highest BCUT2D eigenvalue weighted by molar-refractivity contribution is 5.81. The minimum absolute atomic E-state index is 0.0255. The van der Waals surface area contributed by atoms with Gasteiger partial charge in [-0.3, -0.25) is 4.79 Å². The Labute approximate surface area is 104 Å². The van der Waals surface area contributed by atoms with Crippen LogP contribution in [0.3, 0.4) is 0 Å². The van der Waals surface area contributed by atoms with Crippen LogP contribution in [-0.2, 0) is 4.79 Å². The lowest BCUT2D eigenvalue weighted by atomic mass is 9.89. The van der Waals surface area contributed by atoms with E-state index < -0.39 is 0 Å². The van der Waals surface area contributed by atoms with Crippen LogP contribution in [0.15, 0.2) is 0 Å². The Morgan fingerprint density at radius 2 is 2.18 bits per heavy atom. The average Bonchev–Trinajstić information content (AvgIpc) is 2.54. The van der Waals surface area contributed by atoms with Crippen molar-refractivity contribution in [2.24, 2.45) is 5.41 Å². The van der Waals surface area contributed by atoms with Crippen molar-refractivity contribution in [1.29, 1.82) is 0 Å². The van der Waals surface area contributed by atoms with Crippen molar-refractivity contribution in [3.8, 4) is 0 Å². The van der Waals surface area contributed by atoms with E-state index in [-0.39, 0.29) is 24.0 Å². The summed E-state index contributed by atoms with van der Waals surface area (Å²) in [4.78, 5) is 12.0. The van der Waals surface area contributed by atoms with Gasteiger partial charge in [0.05, 0.1) is 6.04 Å². The summed E-state index contributed by atoms with van der Waals surface area (Å²) in [6.45, 7) is 5.86. The Hall–Kier alpha value is -0.610. The summed E-state index contributed by atoms with van der Waals surface area (Å²) in [7, 11) is 0. The smallest absolute Gasteiger partial charge is 0.237 e. The first kappa shape index (κ1) is 14.5. The molecule has 1 amide bonds. The molecule has 1 saturated heterocycles. The number of rotatable bonds is 5. The second kappa shape index (κ2) is 6.97. The van der Waals surface area contributed by atoms with Crippen LogP contribution in [0.5, 0.6) is 0 Å². The van der Waals surface area contributed by atoms with E-state index in [1.807, 2.05) is 0 Å². The Balaban J connectivity index is 2.32. The molecule has 0 spiro atoms. The van der Waals surface area contributed by atoms with Gasteiger partial charge in [-0.25, -0.2) is 0 Å². The molecule has 0 aliphatic carbocycles. The zero-order valence-electron chi connectivity index (χ0n) is 11.1. The van der Waals surface area contributed by atoms with Gasteiger partial charge in [0.2, 0.25) is 5.91 Å². The van der Waals surface area contributed by atoms with Crippen LogP contribution in [0.2, 0.25) is 0 Å². The molecule has 0 saturated carbocycles. The van der Waals surface area contributed by atoms with Crippen LogP contribution >= 0.6 is 0 Å². The molecule has 0 radical (unpaired) electrons. The molecule has 1 fully saturated rings. The fraction of sp³-hybridized carbons (Fsp3) is 0.923. The van der Waals surface area contributed by atoms with Crippen molar-refractivity contribution in [2.75, 3.05) is 19.7 Å². The number of carbonyl (C=O) groups excluding carboxylic acids is 1. The molecule has 0 aromatic heterocycles. The SMILES string of the molecule is CC(C)(CCO)CNC(=O)C1CCCCCN1. The molecule has 4 nitrogen and oxygen atoms in total. The summed E-state index contributed by atoms with van der Waals surface area (Å²) in [5.41, 5.74) is -0.0326.